The van der Waals surface area contributed by atoms with Crippen molar-refractivity contribution >= 4 is 76.3 Å². The Bertz CT molecular complexity index is 3080. The van der Waals surface area contributed by atoms with Gasteiger partial charge in [-0.15, -0.1) is 0 Å². The fourth-order valence-electron chi connectivity index (χ4n) is 9.42. The van der Waals surface area contributed by atoms with Crippen LogP contribution in [0.25, 0.3) is 87.7 Å². The van der Waals surface area contributed by atoms with E-state index in [1.54, 1.807) is 0 Å². The summed E-state index contributed by atoms with van der Waals surface area (Å²) in [6.45, 7) is 9.73. The van der Waals surface area contributed by atoms with Gasteiger partial charge in [0.1, 0.15) is 11.2 Å². The first-order valence-electron chi connectivity index (χ1n) is 18.2. The van der Waals surface area contributed by atoms with Crippen LogP contribution >= 0.6 is 0 Å². The van der Waals surface area contributed by atoms with Crippen LogP contribution in [-0.2, 0) is 10.8 Å². The summed E-state index contributed by atoms with van der Waals surface area (Å²) >= 11 is 0. The van der Waals surface area contributed by atoms with Crippen LogP contribution < -0.4 is 0 Å². The molecule has 0 radical (unpaired) electrons. The fraction of sp³-hybridized carbons (Fsp3) is 0.167. The molecule has 3 heterocycles. The van der Waals surface area contributed by atoms with E-state index in [1.807, 2.05) is 6.07 Å². The Balaban J connectivity index is 1.37. The molecule has 0 unspecified atom stereocenters. The zero-order chi connectivity index (χ0) is 34.2. The van der Waals surface area contributed by atoms with Crippen LogP contribution in [0.3, 0.4) is 0 Å². The second-order valence-corrected chi connectivity index (χ2v) is 16.0. The molecule has 0 amide bonds. The van der Waals surface area contributed by atoms with Gasteiger partial charge in [-0.3, -0.25) is 0 Å². The lowest BCUT2D eigenvalue weighted by Gasteiger charge is -2.42. The molecular formula is C48H38N2O. The average molecular weight is 659 g/mol. The maximum atomic E-state index is 6.48. The summed E-state index contributed by atoms with van der Waals surface area (Å²) in [7, 11) is 0. The molecule has 1 aliphatic rings. The summed E-state index contributed by atoms with van der Waals surface area (Å²) in [5.74, 6) is 0. The van der Waals surface area contributed by atoms with Gasteiger partial charge in [-0.2, -0.15) is 0 Å². The van der Waals surface area contributed by atoms with Crippen molar-refractivity contribution in [1.82, 2.24) is 9.13 Å². The van der Waals surface area contributed by atoms with Gasteiger partial charge in [0.2, 0.25) is 0 Å². The van der Waals surface area contributed by atoms with Crippen molar-refractivity contribution in [2.24, 2.45) is 0 Å². The molecule has 11 rings (SSSR count). The number of rotatable bonds is 2. The van der Waals surface area contributed by atoms with E-state index in [-0.39, 0.29) is 10.8 Å². The van der Waals surface area contributed by atoms with Gasteiger partial charge in [0.05, 0.1) is 22.1 Å². The van der Waals surface area contributed by atoms with E-state index in [2.05, 4.69) is 164 Å². The first-order valence-corrected chi connectivity index (χ1v) is 18.2. The Morgan fingerprint density at radius 2 is 1.02 bits per heavy atom. The van der Waals surface area contributed by atoms with Crippen LogP contribution in [0, 0.1) is 0 Å². The average Bonchev–Trinajstić information content (AvgIpc) is 3.80. The van der Waals surface area contributed by atoms with Crippen molar-refractivity contribution < 1.29 is 4.42 Å². The number of hydrogen-bond donors (Lipinski definition) is 0. The molecule has 0 N–H and O–H groups in total. The predicted octanol–water partition coefficient (Wildman–Crippen LogP) is 13.3. The van der Waals surface area contributed by atoms with Gasteiger partial charge in [0.25, 0.3) is 0 Å². The maximum Gasteiger partial charge on any atom is 0.137 e. The highest BCUT2D eigenvalue weighted by Gasteiger charge is 2.38. The summed E-state index contributed by atoms with van der Waals surface area (Å²) < 4.78 is 11.4. The smallest absolute Gasteiger partial charge is 0.137 e. The number of nitrogens with zero attached hydrogens (tertiary/aromatic N) is 2. The molecule has 0 saturated heterocycles. The van der Waals surface area contributed by atoms with Gasteiger partial charge >= 0.3 is 0 Å². The Hall–Kier alpha value is -5.80. The van der Waals surface area contributed by atoms with Crippen LogP contribution in [0.15, 0.2) is 138 Å². The molecule has 0 spiro atoms. The third-order valence-corrected chi connectivity index (χ3v) is 12.2. The Morgan fingerprint density at radius 3 is 1.80 bits per heavy atom. The highest BCUT2D eigenvalue weighted by Crippen LogP contribution is 2.51. The second kappa shape index (κ2) is 9.92. The third-order valence-electron chi connectivity index (χ3n) is 12.2. The number of fused-ring (bicyclic) bond motifs is 13. The van der Waals surface area contributed by atoms with Gasteiger partial charge in [0.15, 0.2) is 0 Å². The van der Waals surface area contributed by atoms with Gasteiger partial charge in [-0.05, 0) is 106 Å². The quantitative estimate of drug-likeness (QED) is 0.181. The van der Waals surface area contributed by atoms with E-state index in [0.29, 0.717) is 0 Å². The molecular weight excluding hydrogens is 621 g/mol. The van der Waals surface area contributed by atoms with E-state index in [0.717, 1.165) is 27.6 Å². The summed E-state index contributed by atoms with van der Waals surface area (Å²) in [6.07, 6.45) is 2.34. The molecule has 0 aliphatic heterocycles. The SMILES string of the molecule is CC1(C)CCC(C)(C)c2cc3c(cc21)c1c2c4c5ccccc5ccc4n(-c4ccccc4)c2ccc1n3-c1ccc2c(c1)oc1ccccc12. The van der Waals surface area contributed by atoms with E-state index < -0.39 is 0 Å². The van der Waals surface area contributed by atoms with Crippen molar-refractivity contribution in [3.05, 3.63) is 145 Å². The summed E-state index contributed by atoms with van der Waals surface area (Å²) in [5.41, 5.74) is 12.2. The molecule has 3 aromatic heterocycles. The zero-order valence-electron chi connectivity index (χ0n) is 29.4. The van der Waals surface area contributed by atoms with Crippen molar-refractivity contribution in [2.75, 3.05) is 0 Å². The van der Waals surface area contributed by atoms with Crippen molar-refractivity contribution in [3.63, 3.8) is 0 Å². The molecule has 7 aromatic carbocycles. The minimum atomic E-state index is 0.0812. The standard InChI is InChI=1S/C48H38N2O/c1-47(2)24-25-48(3,4)37-28-41-35(27-36(37)47)45-39(50(41)31-19-20-34-33-16-10-11-17-42(33)51-43(34)26-31)22-23-40-46(45)44-32-15-9-8-12-29(32)18-21-38(44)49(40)30-13-6-5-7-14-30/h5-23,26-28H,24-25H2,1-4H3. The first-order chi connectivity index (χ1) is 24.8. The first kappa shape index (κ1) is 29.0. The summed E-state index contributed by atoms with van der Waals surface area (Å²) in [5, 5.41) is 10.1. The van der Waals surface area contributed by atoms with Gasteiger partial charge in [-0.25, -0.2) is 0 Å². The van der Waals surface area contributed by atoms with Crippen LogP contribution in [0.5, 0.6) is 0 Å². The number of hydrogen-bond acceptors (Lipinski definition) is 1. The van der Waals surface area contributed by atoms with Gasteiger partial charge in [-0.1, -0.05) is 94.4 Å². The van der Waals surface area contributed by atoms with Crippen molar-refractivity contribution in [2.45, 2.75) is 51.4 Å². The lowest BCUT2D eigenvalue weighted by Crippen LogP contribution is -2.33. The molecule has 51 heavy (non-hydrogen) atoms. The molecule has 3 heteroatoms. The van der Waals surface area contributed by atoms with E-state index >= 15 is 0 Å². The summed E-state index contributed by atoms with van der Waals surface area (Å²) in [4.78, 5) is 0. The minimum Gasteiger partial charge on any atom is -0.456 e. The maximum absolute atomic E-state index is 6.48. The van der Waals surface area contributed by atoms with Crippen LogP contribution in [0.1, 0.15) is 51.7 Å². The number of para-hydroxylation sites is 2. The molecule has 1 aliphatic carbocycles. The second-order valence-electron chi connectivity index (χ2n) is 16.0. The largest absolute Gasteiger partial charge is 0.456 e. The molecule has 0 bridgehead atoms. The molecule has 10 aromatic rings. The molecule has 3 nitrogen and oxygen atoms in total. The minimum absolute atomic E-state index is 0.0812. The van der Waals surface area contributed by atoms with E-state index in [1.165, 1.54) is 84.0 Å². The highest BCUT2D eigenvalue weighted by molar-refractivity contribution is 6.33. The van der Waals surface area contributed by atoms with Gasteiger partial charge < -0.3 is 13.6 Å². The Kier molecular flexibility index (Phi) is 5.64. The molecule has 246 valence electrons. The third kappa shape index (κ3) is 3.89. The number of furan rings is 1. The lowest BCUT2D eigenvalue weighted by atomic mass is 9.63. The Labute approximate surface area is 296 Å². The number of aromatic nitrogens is 2. The zero-order valence-corrected chi connectivity index (χ0v) is 29.4. The number of benzene rings is 7. The van der Waals surface area contributed by atoms with Crippen LogP contribution in [0.2, 0.25) is 0 Å². The fourth-order valence-corrected chi connectivity index (χ4v) is 9.42. The highest BCUT2D eigenvalue weighted by atomic mass is 16.3. The molecule has 0 fully saturated rings. The van der Waals surface area contributed by atoms with Gasteiger partial charge in [0, 0.05) is 49.8 Å². The molecule has 0 saturated carbocycles. The topological polar surface area (TPSA) is 23.0 Å². The molecule has 0 atom stereocenters. The van der Waals surface area contributed by atoms with Crippen LogP contribution in [0.4, 0.5) is 0 Å². The monoisotopic (exact) mass is 658 g/mol. The van der Waals surface area contributed by atoms with E-state index in [4.69, 9.17) is 4.42 Å². The predicted molar refractivity (Wildman–Crippen MR) is 215 cm³/mol. The van der Waals surface area contributed by atoms with Crippen molar-refractivity contribution in [1.29, 1.82) is 0 Å². The van der Waals surface area contributed by atoms with Crippen molar-refractivity contribution in [3.8, 4) is 11.4 Å². The normalized spacial score (nSPS) is 15.6. The summed E-state index contributed by atoms with van der Waals surface area (Å²) in [6, 6.07) is 49.2. The van der Waals surface area contributed by atoms with E-state index in [9.17, 15) is 0 Å². The lowest BCUT2D eigenvalue weighted by molar-refractivity contribution is 0.332. The van der Waals surface area contributed by atoms with Crippen LogP contribution in [-0.4, -0.2) is 9.13 Å². The Morgan fingerprint density at radius 1 is 0.431 bits per heavy atom.